The molecule has 102 valence electrons. The number of carbonyl (C=O) groups excluding carboxylic acids is 2. The van der Waals surface area contributed by atoms with E-state index in [1.165, 1.54) is 7.11 Å². The topological polar surface area (TPSA) is 68.3 Å². The molecule has 1 amide bonds. The van der Waals surface area contributed by atoms with Crippen LogP contribution in [0.3, 0.4) is 0 Å². The Kier molecular flexibility index (Phi) is 4.14. The number of methoxy groups -OCH3 is 1. The molecule has 19 heavy (non-hydrogen) atoms. The molecule has 0 aromatic carbocycles. The Labute approximate surface area is 112 Å². The van der Waals surface area contributed by atoms with E-state index < -0.39 is 5.54 Å². The molecule has 0 saturated heterocycles. The number of pyridine rings is 1. The molecule has 0 unspecified atom stereocenters. The molecule has 1 fully saturated rings. The molecule has 1 saturated carbocycles. The van der Waals surface area contributed by atoms with Gasteiger partial charge in [0.1, 0.15) is 11.2 Å². The maximum Gasteiger partial charge on any atom is 0.331 e. The SMILES string of the molecule is COC(=O)C1(NC(=O)c2ccccn2)CCCCC1. The first-order valence-electron chi connectivity index (χ1n) is 6.50. The van der Waals surface area contributed by atoms with Crippen molar-refractivity contribution >= 4 is 11.9 Å². The number of amides is 1. The van der Waals surface area contributed by atoms with Crippen molar-refractivity contribution in [2.24, 2.45) is 0 Å². The van der Waals surface area contributed by atoms with Crippen molar-refractivity contribution in [3.05, 3.63) is 30.1 Å². The quantitative estimate of drug-likeness (QED) is 0.842. The number of esters is 1. The van der Waals surface area contributed by atoms with E-state index in [1.807, 2.05) is 0 Å². The highest BCUT2D eigenvalue weighted by molar-refractivity contribution is 5.96. The van der Waals surface area contributed by atoms with Gasteiger partial charge in [-0.2, -0.15) is 0 Å². The van der Waals surface area contributed by atoms with Crippen LogP contribution in [0.2, 0.25) is 0 Å². The van der Waals surface area contributed by atoms with Crippen LogP contribution >= 0.6 is 0 Å². The number of aromatic nitrogens is 1. The molecule has 1 heterocycles. The van der Waals surface area contributed by atoms with Gasteiger partial charge in [-0.05, 0) is 25.0 Å². The molecule has 1 N–H and O–H groups in total. The lowest BCUT2D eigenvalue weighted by Gasteiger charge is -2.35. The van der Waals surface area contributed by atoms with Gasteiger partial charge in [-0.3, -0.25) is 9.78 Å². The zero-order valence-electron chi connectivity index (χ0n) is 11.0. The van der Waals surface area contributed by atoms with Crippen molar-refractivity contribution in [2.45, 2.75) is 37.6 Å². The van der Waals surface area contributed by atoms with Crippen molar-refractivity contribution in [1.82, 2.24) is 10.3 Å². The lowest BCUT2D eigenvalue weighted by molar-refractivity contribution is -0.149. The second kappa shape index (κ2) is 5.82. The van der Waals surface area contributed by atoms with E-state index in [9.17, 15) is 9.59 Å². The monoisotopic (exact) mass is 262 g/mol. The maximum atomic E-state index is 12.2. The molecule has 1 aliphatic carbocycles. The summed E-state index contributed by atoms with van der Waals surface area (Å²) >= 11 is 0. The van der Waals surface area contributed by atoms with Crippen LogP contribution in [0.4, 0.5) is 0 Å². The number of hydrogen-bond donors (Lipinski definition) is 1. The largest absolute Gasteiger partial charge is 0.467 e. The molecule has 0 radical (unpaired) electrons. The van der Waals surface area contributed by atoms with Gasteiger partial charge in [0.2, 0.25) is 0 Å². The molecule has 0 atom stereocenters. The van der Waals surface area contributed by atoms with Crippen LogP contribution in [-0.2, 0) is 9.53 Å². The fraction of sp³-hybridized carbons (Fsp3) is 0.500. The lowest BCUT2D eigenvalue weighted by atomic mass is 9.81. The molecule has 5 nitrogen and oxygen atoms in total. The molecule has 1 aromatic heterocycles. The molecule has 1 aliphatic rings. The van der Waals surface area contributed by atoms with Crippen molar-refractivity contribution < 1.29 is 14.3 Å². The average molecular weight is 262 g/mol. The van der Waals surface area contributed by atoms with Gasteiger partial charge < -0.3 is 10.1 Å². The van der Waals surface area contributed by atoms with E-state index in [-0.39, 0.29) is 11.9 Å². The van der Waals surface area contributed by atoms with E-state index in [0.717, 1.165) is 19.3 Å². The number of ether oxygens (including phenoxy) is 1. The Morgan fingerprint density at radius 2 is 2.00 bits per heavy atom. The third kappa shape index (κ3) is 2.92. The van der Waals surface area contributed by atoms with Gasteiger partial charge in [0.25, 0.3) is 5.91 Å². The van der Waals surface area contributed by atoms with Gasteiger partial charge in [-0.25, -0.2) is 4.79 Å². The molecule has 1 aromatic rings. The first-order chi connectivity index (χ1) is 9.18. The van der Waals surface area contributed by atoms with Gasteiger partial charge in [0.15, 0.2) is 0 Å². The first-order valence-corrected chi connectivity index (χ1v) is 6.50. The minimum absolute atomic E-state index is 0.316. The summed E-state index contributed by atoms with van der Waals surface area (Å²) in [4.78, 5) is 28.2. The standard InChI is InChI=1S/C14H18N2O3/c1-19-13(18)14(8-4-2-5-9-14)16-12(17)11-7-3-6-10-15-11/h3,6-7,10H,2,4-5,8-9H2,1H3,(H,16,17). The summed E-state index contributed by atoms with van der Waals surface area (Å²) in [5.74, 6) is -0.690. The van der Waals surface area contributed by atoms with Crippen LogP contribution in [-0.4, -0.2) is 29.5 Å². The third-order valence-corrected chi connectivity index (χ3v) is 3.53. The van der Waals surface area contributed by atoms with Gasteiger partial charge in [-0.1, -0.05) is 25.3 Å². The lowest BCUT2D eigenvalue weighted by Crippen LogP contribution is -2.56. The molecule has 5 heteroatoms. The molecular formula is C14H18N2O3. The smallest absolute Gasteiger partial charge is 0.331 e. The number of nitrogens with zero attached hydrogens (tertiary/aromatic N) is 1. The predicted octanol–water partition coefficient (Wildman–Crippen LogP) is 1.69. The number of carbonyl (C=O) groups is 2. The molecular weight excluding hydrogens is 244 g/mol. The van der Waals surface area contributed by atoms with Gasteiger partial charge in [-0.15, -0.1) is 0 Å². The van der Waals surface area contributed by atoms with E-state index in [2.05, 4.69) is 10.3 Å². The second-order valence-corrected chi connectivity index (χ2v) is 4.80. The van der Waals surface area contributed by atoms with Crippen molar-refractivity contribution in [3.8, 4) is 0 Å². The van der Waals surface area contributed by atoms with Crippen LogP contribution in [0.25, 0.3) is 0 Å². The maximum absolute atomic E-state index is 12.2. The highest BCUT2D eigenvalue weighted by atomic mass is 16.5. The Morgan fingerprint density at radius 1 is 1.26 bits per heavy atom. The predicted molar refractivity (Wildman–Crippen MR) is 69.5 cm³/mol. The van der Waals surface area contributed by atoms with E-state index >= 15 is 0 Å². The van der Waals surface area contributed by atoms with E-state index in [1.54, 1.807) is 24.4 Å². The highest BCUT2D eigenvalue weighted by Gasteiger charge is 2.42. The Bertz CT molecular complexity index is 453. The summed E-state index contributed by atoms with van der Waals surface area (Å²) in [5.41, 5.74) is -0.571. The van der Waals surface area contributed by atoms with Crippen LogP contribution in [0.5, 0.6) is 0 Å². The number of nitrogens with one attached hydrogen (secondary N) is 1. The molecule has 0 spiro atoms. The van der Waals surface area contributed by atoms with Crippen LogP contribution in [0, 0.1) is 0 Å². The Morgan fingerprint density at radius 3 is 2.58 bits per heavy atom. The fourth-order valence-electron chi connectivity index (χ4n) is 2.51. The minimum atomic E-state index is -0.887. The third-order valence-electron chi connectivity index (χ3n) is 3.53. The Hall–Kier alpha value is -1.91. The summed E-state index contributed by atoms with van der Waals surface area (Å²) < 4.78 is 4.86. The van der Waals surface area contributed by atoms with Crippen LogP contribution < -0.4 is 5.32 Å². The zero-order chi connectivity index (χ0) is 13.7. The van der Waals surface area contributed by atoms with Gasteiger partial charge in [0.05, 0.1) is 7.11 Å². The van der Waals surface area contributed by atoms with Crippen molar-refractivity contribution in [1.29, 1.82) is 0 Å². The normalized spacial score (nSPS) is 17.5. The van der Waals surface area contributed by atoms with Gasteiger partial charge in [0, 0.05) is 6.20 Å². The summed E-state index contributed by atoms with van der Waals surface area (Å²) in [6.07, 6.45) is 5.71. The second-order valence-electron chi connectivity index (χ2n) is 4.80. The first kappa shape index (κ1) is 13.5. The van der Waals surface area contributed by atoms with Gasteiger partial charge >= 0.3 is 5.97 Å². The molecule has 0 aliphatic heterocycles. The summed E-state index contributed by atoms with van der Waals surface area (Å²) in [7, 11) is 1.35. The fourth-order valence-corrected chi connectivity index (χ4v) is 2.51. The van der Waals surface area contributed by atoms with Crippen molar-refractivity contribution in [2.75, 3.05) is 7.11 Å². The molecule has 2 rings (SSSR count). The van der Waals surface area contributed by atoms with Crippen LogP contribution in [0.1, 0.15) is 42.6 Å². The highest BCUT2D eigenvalue weighted by Crippen LogP contribution is 2.29. The average Bonchev–Trinajstić information content (AvgIpc) is 2.48. The van der Waals surface area contributed by atoms with E-state index in [0.29, 0.717) is 18.5 Å². The van der Waals surface area contributed by atoms with E-state index in [4.69, 9.17) is 4.74 Å². The number of rotatable bonds is 3. The summed E-state index contributed by atoms with van der Waals surface area (Å²) in [6.45, 7) is 0. The summed E-state index contributed by atoms with van der Waals surface area (Å²) in [5, 5.41) is 2.82. The zero-order valence-corrected chi connectivity index (χ0v) is 11.0. The molecule has 0 bridgehead atoms. The summed E-state index contributed by atoms with van der Waals surface area (Å²) in [6, 6.07) is 5.12. The van der Waals surface area contributed by atoms with Crippen LogP contribution in [0.15, 0.2) is 24.4 Å². The van der Waals surface area contributed by atoms with Crippen molar-refractivity contribution in [3.63, 3.8) is 0 Å². The Balaban J connectivity index is 2.17. The minimum Gasteiger partial charge on any atom is -0.467 e. The number of hydrogen-bond acceptors (Lipinski definition) is 4.